The molecule has 3 aliphatic heterocycles. The molecule has 0 saturated carbocycles. The lowest BCUT2D eigenvalue weighted by Gasteiger charge is -2.41. The number of para-hydroxylation sites is 1. The molecule has 3 aliphatic rings. The third-order valence-corrected chi connectivity index (χ3v) is 7.15. The van der Waals surface area contributed by atoms with Crippen molar-refractivity contribution in [1.82, 2.24) is 20.1 Å². The van der Waals surface area contributed by atoms with Crippen LogP contribution in [0.15, 0.2) is 66.7 Å². The molecule has 3 unspecified atom stereocenters. The van der Waals surface area contributed by atoms with E-state index in [9.17, 15) is 14.4 Å². The largest absolute Gasteiger partial charge is 0.339 e. The van der Waals surface area contributed by atoms with Crippen molar-refractivity contribution >= 4 is 29.5 Å². The third kappa shape index (κ3) is 4.85. The number of nitrogens with one attached hydrogen (secondary N) is 1. The van der Waals surface area contributed by atoms with E-state index in [0.29, 0.717) is 39.3 Å². The molecule has 1 N–H and O–H groups in total. The van der Waals surface area contributed by atoms with E-state index in [-0.39, 0.29) is 35.6 Å². The first kappa shape index (κ1) is 23.3. The van der Waals surface area contributed by atoms with Crippen LogP contribution in [-0.2, 0) is 14.4 Å². The lowest BCUT2D eigenvalue weighted by molar-refractivity contribution is -0.143. The first-order valence-corrected chi connectivity index (χ1v) is 12.2. The van der Waals surface area contributed by atoms with E-state index in [4.69, 9.17) is 0 Å². The number of piperazine rings is 1. The smallest absolute Gasteiger partial charge is 0.247 e. The normalized spacial score (nSPS) is 25.2. The summed E-state index contributed by atoms with van der Waals surface area (Å²) in [6.45, 7) is 3.22. The minimum Gasteiger partial charge on any atom is -0.339 e. The highest BCUT2D eigenvalue weighted by Crippen LogP contribution is 2.32. The Morgan fingerprint density at radius 3 is 2.20 bits per heavy atom. The maximum absolute atomic E-state index is 13.6. The molecule has 35 heavy (non-hydrogen) atoms. The van der Waals surface area contributed by atoms with Crippen LogP contribution >= 0.6 is 0 Å². The topological polar surface area (TPSA) is 76.2 Å². The number of rotatable bonds is 4. The molecule has 2 aromatic carbocycles. The first-order valence-electron chi connectivity index (χ1n) is 12.2. The molecule has 0 bridgehead atoms. The van der Waals surface area contributed by atoms with Gasteiger partial charge < -0.3 is 14.7 Å². The van der Waals surface area contributed by atoms with E-state index in [1.165, 1.54) is 0 Å². The molecule has 3 amide bonds. The number of benzene rings is 2. The molecular formula is C27H31N5O3. The summed E-state index contributed by atoms with van der Waals surface area (Å²) in [6, 6.07) is 19.0. The number of anilines is 1. The van der Waals surface area contributed by atoms with Gasteiger partial charge in [0.2, 0.25) is 17.7 Å². The van der Waals surface area contributed by atoms with Crippen molar-refractivity contribution in [1.29, 1.82) is 0 Å². The average Bonchev–Trinajstić information content (AvgIpc) is 3.23. The molecule has 2 aromatic rings. The van der Waals surface area contributed by atoms with E-state index in [2.05, 4.69) is 10.3 Å². The van der Waals surface area contributed by atoms with Crippen molar-refractivity contribution in [2.45, 2.75) is 6.04 Å². The van der Waals surface area contributed by atoms with Crippen molar-refractivity contribution in [2.75, 3.05) is 51.3 Å². The quantitative estimate of drug-likeness (QED) is 0.681. The molecule has 8 nitrogen and oxygen atoms in total. The number of hydrazine groups is 1. The van der Waals surface area contributed by atoms with Gasteiger partial charge in [-0.1, -0.05) is 48.5 Å². The number of hydrogen-bond acceptors (Lipinski definition) is 5. The lowest BCUT2D eigenvalue weighted by atomic mass is 9.84. The van der Waals surface area contributed by atoms with Gasteiger partial charge in [-0.25, -0.2) is 10.4 Å². The number of nitrogens with zero attached hydrogens (tertiary/aromatic N) is 4. The molecule has 182 valence electrons. The minimum absolute atomic E-state index is 0.00571. The SMILES string of the molecule is CN1CC(C(=O)N2CCN(C(=O)/C=C/c3ccccc3)CC2)C2NN(c3ccccc3)C(=O)C2C1. The van der Waals surface area contributed by atoms with Gasteiger partial charge in [0.15, 0.2) is 0 Å². The van der Waals surface area contributed by atoms with Crippen molar-refractivity contribution < 1.29 is 14.4 Å². The third-order valence-electron chi connectivity index (χ3n) is 7.15. The summed E-state index contributed by atoms with van der Waals surface area (Å²) in [5.74, 6) is -0.578. The van der Waals surface area contributed by atoms with Crippen LogP contribution < -0.4 is 10.4 Å². The van der Waals surface area contributed by atoms with E-state index in [0.717, 1.165) is 11.3 Å². The summed E-state index contributed by atoms with van der Waals surface area (Å²) in [6.07, 6.45) is 3.42. The minimum atomic E-state index is -0.323. The summed E-state index contributed by atoms with van der Waals surface area (Å²) >= 11 is 0. The van der Waals surface area contributed by atoms with Gasteiger partial charge in [-0.3, -0.25) is 14.4 Å². The molecule has 5 rings (SSSR count). The van der Waals surface area contributed by atoms with E-state index in [1.807, 2.05) is 78.7 Å². The Bertz CT molecular complexity index is 1100. The molecule has 0 aromatic heterocycles. The molecule has 3 fully saturated rings. The number of fused-ring (bicyclic) bond motifs is 1. The number of amides is 3. The summed E-state index contributed by atoms with van der Waals surface area (Å²) in [7, 11) is 1.96. The average molecular weight is 474 g/mol. The molecule has 3 heterocycles. The summed E-state index contributed by atoms with van der Waals surface area (Å²) < 4.78 is 0. The van der Waals surface area contributed by atoms with Gasteiger partial charge in [0.1, 0.15) is 0 Å². The predicted octanol–water partition coefficient (Wildman–Crippen LogP) is 1.47. The Kier molecular flexibility index (Phi) is 6.66. The second kappa shape index (κ2) is 10.0. The summed E-state index contributed by atoms with van der Waals surface area (Å²) in [5, 5.41) is 1.60. The fraction of sp³-hybridized carbons (Fsp3) is 0.370. The predicted molar refractivity (Wildman–Crippen MR) is 134 cm³/mol. The highest BCUT2D eigenvalue weighted by molar-refractivity contribution is 5.98. The Morgan fingerprint density at radius 1 is 0.886 bits per heavy atom. The molecule has 0 spiro atoms. The lowest BCUT2D eigenvalue weighted by Crippen LogP contribution is -2.59. The maximum atomic E-state index is 13.6. The molecule has 8 heteroatoms. The van der Waals surface area contributed by atoms with E-state index in [1.54, 1.807) is 16.0 Å². The van der Waals surface area contributed by atoms with Crippen molar-refractivity contribution in [3.8, 4) is 0 Å². The molecule has 3 atom stereocenters. The standard InChI is InChI=1S/C27H31N5O3/c1-29-18-22(25-23(19-29)27(35)32(28-25)21-10-6-3-7-11-21)26(34)31-16-14-30(15-17-31)24(33)13-12-20-8-4-2-5-9-20/h2-13,22-23,25,28H,14-19H2,1H3/b13-12+. The van der Waals surface area contributed by atoms with Gasteiger partial charge in [0, 0.05) is 45.3 Å². The number of likely N-dealkylation sites (tertiary alicyclic amines) is 1. The van der Waals surface area contributed by atoms with Crippen molar-refractivity contribution in [3.05, 3.63) is 72.3 Å². The van der Waals surface area contributed by atoms with Gasteiger partial charge in [-0.05, 0) is 30.8 Å². The van der Waals surface area contributed by atoms with Crippen LogP contribution in [0, 0.1) is 11.8 Å². The first-order chi connectivity index (χ1) is 17.0. The Morgan fingerprint density at radius 2 is 1.51 bits per heavy atom. The van der Waals surface area contributed by atoms with Crippen LogP contribution in [0.2, 0.25) is 0 Å². The maximum Gasteiger partial charge on any atom is 0.247 e. The highest BCUT2D eigenvalue weighted by Gasteiger charge is 2.51. The summed E-state index contributed by atoms with van der Waals surface area (Å²) in [5.41, 5.74) is 5.11. The molecule has 0 radical (unpaired) electrons. The Hall–Kier alpha value is -3.49. The molecule has 0 aliphatic carbocycles. The van der Waals surface area contributed by atoms with Gasteiger partial charge in [-0.15, -0.1) is 0 Å². The second-order valence-electron chi connectivity index (χ2n) is 9.49. The van der Waals surface area contributed by atoms with Crippen LogP contribution in [0.3, 0.4) is 0 Å². The van der Waals surface area contributed by atoms with Gasteiger partial charge in [-0.2, -0.15) is 0 Å². The fourth-order valence-electron chi connectivity index (χ4n) is 5.27. The van der Waals surface area contributed by atoms with Gasteiger partial charge in [0.25, 0.3) is 0 Å². The number of hydrogen-bond donors (Lipinski definition) is 1. The van der Waals surface area contributed by atoms with Crippen molar-refractivity contribution in [3.63, 3.8) is 0 Å². The second-order valence-corrected chi connectivity index (χ2v) is 9.49. The fourth-order valence-corrected chi connectivity index (χ4v) is 5.27. The van der Waals surface area contributed by atoms with E-state index >= 15 is 0 Å². The molecule has 3 saturated heterocycles. The molecular weight excluding hydrogens is 442 g/mol. The Labute approximate surface area is 205 Å². The van der Waals surface area contributed by atoms with Crippen LogP contribution in [0.4, 0.5) is 5.69 Å². The number of carbonyl (C=O) groups excluding carboxylic acids is 3. The zero-order valence-electron chi connectivity index (χ0n) is 19.9. The van der Waals surface area contributed by atoms with Crippen LogP contribution in [-0.4, -0.2) is 84.8 Å². The van der Waals surface area contributed by atoms with Gasteiger partial charge in [0.05, 0.1) is 23.6 Å². The van der Waals surface area contributed by atoms with Crippen molar-refractivity contribution in [2.24, 2.45) is 11.8 Å². The number of carbonyl (C=O) groups is 3. The van der Waals surface area contributed by atoms with Gasteiger partial charge >= 0.3 is 0 Å². The van der Waals surface area contributed by atoms with Crippen LogP contribution in [0.5, 0.6) is 0 Å². The highest BCUT2D eigenvalue weighted by atomic mass is 16.2. The zero-order valence-corrected chi connectivity index (χ0v) is 19.9. The number of piperidine rings is 1. The van der Waals surface area contributed by atoms with Crippen LogP contribution in [0.1, 0.15) is 5.56 Å². The monoisotopic (exact) mass is 473 g/mol. The zero-order chi connectivity index (χ0) is 24.4. The Balaban J connectivity index is 1.22. The summed E-state index contributed by atoms with van der Waals surface area (Å²) in [4.78, 5) is 45.1. The van der Waals surface area contributed by atoms with E-state index < -0.39 is 0 Å². The van der Waals surface area contributed by atoms with Crippen LogP contribution in [0.25, 0.3) is 6.08 Å².